The average Bonchev–Trinajstić information content (AvgIpc) is 3.47. The number of nitrogens with zero attached hydrogens (tertiary/aromatic N) is 4. The lowest BCUT2D eigenvalue weighted by Crippen LogP contribution is -2.28. The molecular formula is C45H28N4. The summed E-state index contributed by atoms with van der Waals surface area (Å²) in [4.78, 5) is 14.9. The first-order chi connectivity index (χ1) is 24.2. The molecule has 1 heterocycles. The Bertz CT molecular complexity index is 2440. The van der Waals surface area contributed by atoms with Crippen LogP contribution >= 0.6 is 0 Å². The van der Waals surface area contributed by atoms with E-state index in [9.17, 15) is 5.26 Å². The lowest BCUT2D eigenvalue weighted by molar-refractivity contribution is 0.769. The van der Waals surface area contributed by atoms with Crippen molar-refractivity contribution in [3.05, 3.63) is 198 Å². The SMILES string of the molecule is N#Cc1ccc2c(c1)C(c1ccccc1)(c1ccccc1)c1cc3cc(-c4nc(-c5ccccc5)nc(-c5ccccc5)n4)ccc3cc1-2. The van der Waals surface area contributed by atoms with Gasteiger partial charge >= 0.3 is 0 Å². The minimum absolute atomic E-state index is 0.613. The van der Waals surface area contributed by atoms with Gasteiger partial charge in [-0.25, -0.2) is 15.0 Å². The summed E-state index contributed by atoms with van der Waals surface area (Å²) in [6, 6.07) is 61.0. The molecule has 0 amide bonds. The Kier molecular flexibility index (Phi) is 6.71. The summed E-state index contributed by atoms with van der Waals surface area (Å²) >= 11 is 0. The van der Waals surface area contributed by atoms with E-state index in [1.54, 1.807) is 0 Å². The van der Waals surface area contributed by atoms with E-state index in [4.69, 9.17) is 15.0 Å². The van der Waals surface area contributed by atoms with E-state index >= 15 is 0 Å². The number of rotatable bonds is 5. The van der Waals surface area contributed by atoms with E-state index in [1.807, 2.05) is 66.7 Å². The van der Waals surface area contributed by atoms with Gasteiger partial charge in [-0.1, -0.05) is 140 Å². The fourth-order valence-electron chi connectivity index (χ4n) is 7.38. The van der Waals surface area contributed by atoms with Gasteiger partial charge in [0, 0.05) is 16.7 Å². The van der Waals surface area contributed by atoms with Gasteiger partial charge in [0.25, 0.3) is 0 Å². The molecule has 4 nitrogen and oxygen atoms in total. The maximum atomic E-state index is 10.0. The molecule has 9 rings (SSSR count). The van der Waals surface area contributed by atoms with Crippen LogP contribution in [0.15, 0.2) is 170 Å². The molecule has 0 spiro atoms. The van der Waals surface area contributed by atoms with E-state index in [1.165, 1.54) is 11.1 Å². The van der Waals surface area contributed by atoms with Crippen molar-refractivity contribution in [2.45, 2.75) is 5.41 Å². The Morgan fingerprint density at radius 2 is 0.918 bits per heavy atom. The summed E-state index contributed by atoms with van der Waals surface area (Å²) in [5, 5.41) is 12.2. The van der Waals surface area contributed by atoms with Crippen molar-refractivity contribution < 1.29 is 0 Å². The number of fused-ring (bicyclic) bond motifs is 4. The summed E-state index contributed by atoms with van der Waals surface area (Å²) in [7, 11) is 0. The second-order valence-corrected chi connectivity index (χ2v) is 12.4. The third kappa shape index (κ3) is 4.64. The standard InChI is InChI=1S/C45H28N4/c46-29-30-21-24-38-39-27-33-22-23-34(44-48-42(31-13-5-1-6-14-31)47-43(49-44)32-15-7-2-8-16-32)26-35(33)28-41(39)45(40(38)25-30,36-17-9-3-10-18-36)37-19-11-4-12-20-37/h1-28H. The molecule has 0 saturated heterocycles. The van der Waals surface area contributed by atoms with E-state index in [0.717, 1.165) is 49.7 Å². The molecule has 1 aromatic heterocycles. The van der Waals surface area contributed by atoms with Crippen molar-refractivity contribution >= 4 is 10.8 Å². The summed E-state index contributed by atoms with van der Waals surface area (Å²) in [6.07, 6.45) is 0. The van der Waals surface area contributed by atoms with Crippen LogP contribution in [0.1, 0.15) is 27.8 Å². The van der Waals surface area contributed by atoms with Crippen LogP contribution < -0.4 is 0 Å². The zero-order valence-electron chi connectivity index (χ0n) is 26.5. The van der Waals surface area contributed by atoms with Gasteiger partial charge in [-0.15, -0.1) is 0 Å². The molecule has 0 N–H and O–H groups in total. The number of benzene rings is 7. The Morgan fingerprint density at radius 3 is 1.47 bits per heavy atom. The molecule has 1 aliphatic carbocycles. The van der Waals surface area contributed by atoms with Gasteiger partial charge in [0.2, 0.25) is 0 Å². The highest BCUT2D eigenvalue weighted by Crippen LogP contribution is 2.57. The van der Waals surface area contributed by atoms with Gasteiger partial charge in [-0.2, -0.15) is 5.26 Å². The fraction of sp³-hybridized carbons (Fsp3) is 0.0222. The quantitative estimate of drug-likeness (QED) is 0.191. The predicted octanol–water partition coefficient (Wildman–Crippen LogP) is 10.3. The molecule has 0 bridgehead atoms. The molecule has 4 heteroatoms. The minimum atomic E-state index is -0.613. The van der Waals surface area contributed by atoms with Crippen LogP contribution in [0.25, 0.3) is 56.1 Å². The first-order valence-electron chi connectivity index (χ1n) is 16.3. The fourth-order valence-corrected chi connectivity index (χ4v) is 7.38. The molecule has 0 aliphatic heterocycles. The van der Waals surface area contributed by atoms with Crippen molar-refractivity contribution in [3.63, 3.8) is 0 Å². The molecule has 8 aromatic rings. The second kappa shape index (κ2) is 11.5. The predicted molar refractivity (Wildman–Crippen MR) is 196 cm³/mol. The van der Waals surface area contributed by atoms with Crippen LogP contribution in [-0.2, 0) is 5.41 Å². The number of aromatic nitrogens is 3. The molecular weight excluding hydrogens is 597 g/mol. The van der Waals surface area contributed by atoms with Gasteiger partial charge in [0.1, 0.15) is 0 Å². The molecule has 0 unspecified atom stereocenters. The van der Waals surface area contributed by atoms with E-state index in [2.05, 4.69) is 109 Å². The van der Waals surface area contributed by atoms with Gasteiger partial charge in [-0.3, -0.25) is 0 Å². The number of nitriles is 1. The highest BCUT2D eigenvalue weighted by Gasteiger charge is 2.46. The number of hydrogen-bond donors (Lipinski definition) is 0. The molecule has 0 atom stereocenters. The Hall–Kier alpha value is -6.70. The van der Waals surface area contributed by atoms with Crippen molar-refractivity contribution in [2.75, 3.05) is 0 Å². The largest absolute Gasteiger partial charge is 0.208 e. The summed E-state index contributed by atoms with van der Waals surface area (Å²) < 4.78 is 0. The second-order valence-electron chi connectivity index (χ2n) is 12.4. The molecule has 0 saturated carbocycles. The van der Waals surface area contributed by atoms with Crippen molar-refractivity contribution in [1.29, 1.82) is 5.26 Å². The molecule has 0 fully saturated rings. The van der Waals surface area contributed by atoms with Gasteiger partial charge in [-0.05, 0) is 74.5 Å². The topological polar surface area (TPSA) is 62.5 Å². The summed E-state index contributed by atoms with van der Waals surface area (Å²) in [5.74, 6) is 1.89. The van der Waals surface area contributed by atoms with Crippen molar-refractivity contribution in [2.24, 2.45) is 0 Å². The molecule has 1 aliphatic rings. The van der Waals surface area contributed by atoms with Crippen LogP contribution in [0.4, 0.5) is 0 Å². The molecule has 228 valence electrons. The molecule has 0 radical (unpaired) electrons. The zero-order valence-corrected chi connectivity index (χ0v) is 26.5. The smallest absolute Gasteiger partial charge is 0.164 e. The van der Waals surface area contributed by atoms with Gasteiger partial charge in [0.15, 0.2) is 17.5 Å². The van der Waals surface area contributed by atoms with Crippen molar-refractivity contribution in [3.8, 4) is 51.4 Å². The van der Waals surface area contributed by atoms with Crippen LogP contribution in [0, 0.1) is 11.3 Å². The number of hydrogen-bond acceptors (Lipinski definition) is 4. The highest BCUT2D eigenvalue weighted by atomic mass is 15.0. The molecule has 49 heavy (non-hydrogen) atoms. The van der Waals surface area contributed by atoms with Crippen LogP contribution in [0.3, 0.4) is 0 Å². The summed E-state index contributed by atoms with van der Waals surface area (Å²) in [6.45, 7) is 0. The minimum Gasteiger partial charge on any atom is -0.208 e. The van der Waals surface area contributed by atoms with Crippen LogP contribution in [-0.4, -0.2) is 15.0 Å². The van der Waals surface area contributed by atoms with Crippen LogP contribution in [0.5, 0.6) is 0 Å². The van der Waals surface area contributed by atoms with Gasteiger partial charge < -0.3 is 0 Å². The first-order valence-corrected chi connectivity index (χ1v) is 16.3. The first kappa shape index (κ1) is 28.5. The molecule has 7 aromatic carbocycles. The lowest BCUT2D eigenvalue weighted by Gasteiger charge is -2.34. The monoisotopic (exact) mass is 624 g/mol. The van der Waals surface area contributed by atoms with E-state index < -0.39 is 5.41 Å². The normalized spacial score (nSPS) is 12.6. The maximum Gasteiger partial charge on any atom is 0.164 e. The van der Waals surface area contributed by atoms with Crippen molar-refractivity contribution in [1.82, 2.24) is 15.0 Å². The van der Waals surface area contributed by atoms with Gasteiger partial charge in [0.05, 0.1) is 17.0 Å². The third-order valence-corrected chi connectivity index (χ3v) is 9.59. The lowest BCUT2D eigenvalue weighted by atomic mass is 9.67. The van der Waals surface area contributed by atoms with Crippen LogP contribution in [0.2, 0.25) is 0 Å². The van der Waals surface area contributed by atoms with E-state index in [0.29, 0.717) is 23.0 Å². The Morgan fingerprint density at radius 1 is 0.408 bits per heavy atom. The summed E-state index contributed by atoms with van der Waals surface area (Å²) in [5.41, 5.74) is 9.75. The highest BCUT2D eigenvalue weighted by molar-refractivity contribution is 5.97. The van der Waals surface area contributed by atoms with E-state index in [-0.39, 0.29) is 0 Å². The third-order valence-electron chi connectivity index (χ3n) is 9.59. The Balaban J connectivity index is 1.30. The maximum absolute atomic E-state index is 10.0. The Labute approximate surface area is 284 Å². The zero-order chi connectivity index (χ0) is 32.8. The average molecular weight is 625 g/mol.